The summed E-state index contributed by atoms with van der Waals surface area (Å²) < 4.78 is 1.29. The Kier molecular flexibility index (Phi) is 3.47. The zero-order chi connectivity index (χ0) is 13.3. The lowest BCUT2D eigenvalue weighted by molar-refractivity contribution is 0.0996. The first-order chi connectivity index (χ1) is 8.49. The standard InChI is InChI=1S/C12H18N4O2/c1-15-5-3-8(4-6-15)10-9(11(13)17)7-16(2)12(18)14-10/h7-8H,3-6H2,1-2H3,(H2,13,17). The molecule has 0 aromatic carbocycles. The Morgan fingerprint density at radius 1 is 1.39 bits per heavy atom. The highest BCUT2D eigenvalue weighted by molar-refractivity contribution is 5.93. The van der Waals surface area contributed by atoms with Crippen LogP contribution >= 0.6 is 0 Å². The first kappa shape index (κ1) is 12.8. The van der Waals surface area contributed by atoms with Crippen LogP contribution in [0.2, 0.25) is 0 Å². The zero-order valence-electron chi connectivity index (χ0n) is 10.7. The Morgan fingerprint density at radius 2 is 2.00 bits per heavy atom. The summed E-state index contributed by atoms with van der Waals surface area (Å²) in [6, 6.07) is 0. The Hall–Kier alpha value is -1.69. The molecule has 1 aliphatic heterocycles. The zero-order valence-corrected chi connectivity index (χ0v) is 10.7. The van der Waals surface area contributed by atoms with Gasteiger partial charge in [-0.1, -0.05) is 0 Å². The van der Waals surface area contributed by atoms with Crippen molar-refractivity contribution in [2.75, 3.05) is 20.1 Å². The molecule has 6 heteroatoms. The van der Waals surface area contributed by atoms with Gasteiger partial charge < -0.3 is 15.2 Å². The molecular weight excluding hydrogens is 232 g/mol. The van der Waals surface area contributed by atoms with Crippen molar-refractivity contribution in [1.29, 1.82) is 0 Å². The van der Waals surface area contributed by atoms with Gasteiger partial charge in [-0.05, 0) is 33.0 Å². The number of nitrogens with two attached hydrogens (primary N) is 1. The van der Waals surface area contributed by atoms with Gasteiger partial charge in [0.1, 0.15) is 0 Å². The Bertz CT molecular complexity index is 515. The molecule has 98 valence electrons. The summed E-state index contributed by atoms with van der Waals surface area (Å²) in [7, 11) is 3.63. The first-order valence-corrected chi connectivity index (χ1v) is 6.05. The fourth-order valence-electron chi connectivity index (χ4n) is 2.34. The summed E-state index contributed by atoms with van der Waals surface area (Å²) in [5.74, 6) is -0.371. The van der Waals surface area contributed by atoms with E-state index < -0.39 is 5.91 Å². The number of aryl methyl sites for hydroxylation is 1. The number of aromatic nitrogens is 2. The minimum atomic E-state index is -0.521. The van der Waals surface area contributed by atoms with Crippen LogP contribution in [-0.2, 0) is 7.05 Å². The van der Waals surface area contributed by atoms with E-state index in [1.54, 1.807) is 7.05 Å². The third-order valence-corrected chi connectivity index (χ3v) is 3.49. The predicted molar refractivity (Wildman–Crippen MR) is 67.5 cm³/mol. The molecule has 0 radical (unpaired) electrons. The fraction of sp³-hybridized carbons (Fsp3) is 0.583. The maximum atomic E-state index is 11.6. The van der Waals surface area contributed by atoms with E-state index in [1.165, 1.54) is 10.8 Å². The quantitative estimate of drug-likeness (QED) is 0.780. The van der Waals surface area contributed by atoms with E-state index in [0.29, 0.717) is 11.3 Å². The molecule has 18 heavy (non-hydrogen) atoms. The number of carbonyl (C=O) groups is 1. The molecule has 1 aromatic rings. The third kappa shape index (κ3) is 2.43. The molecule has 6 nitrogen and oxygen atoms in total. The maximum Gasteiger partial charge on any atom is 0.347 e. The SMILES string of the molecule is CN1CCC(c2nc(=O)n(C)cc2C(N)=O)CC1. The molecule has 2 heterocycles. The van der Waals surface area contributed by atoms with Crippen LogP contribution in [0.25, 0.3) is 0 Å². The lowest BCUT2D eigenvalue weighted by atomic mass is 9.91. The van der Waals surface area contributed by atoms with Crippen LogP contribution in [0.5, 0.6) is 0 Å². The summed E-state index contributed by atoms with van der Waals surface area (Å²) in [4.78, 5) is 29.3. The lowest BCUT2D eigenvalue weighted by Gasteiger charge is -2.29. The van der Waals surface area contributed by atoms with Crippen LogP contribution in [0.4, 0.5) is 0 Å². The second-order valence-electron chi connectivity index (χ2n) is 4.88. The van der Waals surface area contributed by atoms with Crippen LogP contribution in [0.3, 0.4) is 0 Å². The molecule has 0 aliphatic carbocycles. The van der Waals surface area contributed by atoms with Gasteiger partial charge in [0, 0.05) is 19.2 Å². The first-order valence-electron chi connectivity index (χ1n) is 6.05. The second-order valence-corrected chi connectivity index (χ2v) is 4.88. The van der Waals surface area contributed by atoms with Crippen molar-refractivity contribution in [2.24, 2.45) is 12.8 Å². The van der Waals surface area contributed by atoms with E-state index >= 15 is 0 Å². The predicted octanol–water partition coefficient (Wildman–Crippen LogP) is -0.312. The molecule has 0 bridgehead atoms. The van der Waals surface area contributed by atoms with E-state index in [0.717, 1.165) is 25.9 Å². The van der Waals surface area contributed by atoms with Crippen molar-refractivity contribution < 1.29 is 4.79 Å². The number of hydrogen-bond acceptors (Lipinski definition) is 4. The number of likely N-dealkylation sites (tertiary alicyclic amines) is 1. The molecule has 1 aromatic heterocycles. The van der Waals surface area contributed by atoms with Crippen LogP contribution in [0.15, 0.2) is 11.0 Å². The maximum absolute atomic E-state index is 11.6. The van der Waals surface area contributed by atoms with Gasteiger partial charge in [0.05, 0.1) is 11.3 Å². The highest BCUT2D eigenvalue weighted by atomic mass is 16.1. The molecule has 0 atom stereocenters. The molecule has 1 fully saturated rings. The highest BCUT2D eigenvalue weighted by Crippen LogP contribution is 2.27. The van der Waals surface area contributed by atoms with E-state index in [4.69, 9.17) is 5.73 Å². The molecule has 0 saturated carbocycles. The van der Waals surface area contributed by atoms with Crippen molar-refractivity contribution >= 4 is 5.91 Å². The highest BCUT2D eigenvalue weighted by Gasteiger charge is 2.24. The van der Waals surface area contributed by atoms with Crippen molar-refractivity contribution in [3.05, 3.63) is 27.9 Å². The largest absolute Gasteiger partial charge is 0.365 e. The third-order valence-electron chi connectivity index (χ3n) is 3.49. The van der Waals surface area contributed by atoms with Crippen molar-refractivity contribution in [2.45, 2.75) is 18.8 Å². The van der Waals surface area contributed by atoms with Crippen molar-refractivity contribution in [1.82, 2.24) is 14.5 Å². The Morgan fingerprint density at radius 3 is 2.56 bits per heavy atom. The molecular formula is C12H18N4O2. The molecule has 2 N–H and O–H groups in total. The van der Waals surface area contributed by atoms with Crippen LogP contribution < -0.4 is 11.4 Å². The Balaban J connectivity index is 2.40. The average molecular weight is 250 g/mol. The average Bonchev–Trinajstić information content (AvgIpc) is 2.33. The fourth-order valence-corrected chi connectivity index (χ4v) is 2.34. The molecule has 0 unspecified atom stereocenters. The summed E-state index contributed by atoms with van der Waals surface area (Å²) in [6.07, 6.45) is 3.29. The van der Waals surface area contributed by atoms with Gasteiger partial charge in [0.25, 0.3) is 5.91 Å². The van der Waals surface area contributed by atoms with Gasteiger partial charge in [0.2, 0.25) is 0 Å². The summed E-state index contributed by atoms with van der Waals surface area (Å²) in [5.41, 5.74) is 5.96. The molecule has 0 spiro atoms. The van der Waals surface area contributed by atoms with Crippen molar-refractivity contribution in [3.8, 4) is 0 Å². The molecule has 1 aliphatic rings. The van der Waals surface area contributed by atoms with Crippen LogP contribution in [0.1, 0.15) is 34.8 Å². The van der Waals surface area contributed by atoms with E-state index in [9.17, 15) is 9.59 Å². The normalized spacial score (nSPS) is 17.9. The molecule has 1 saturated heterocycles. The number of carbonyl (C=O) groups excluding carboxylic acids is 1. The number of nitrogens with zero attached hydrogens (tertiary/aromatic N) is 3. The smallest absolute Gasteiger partial charge is 0.347 e. The van der Waals surface area contributed by atoms with Crippen molar-refractivity contribution in [3.63, 3.8) is 0 Å². The topological polar surface area (TPSA) is 81.2 Å². The Labute approximate surface area is 105 Å². The number of rotatable bonds is 2. The second kappa shape index (κ2) is 4.89. The van der Waals surface area contributed by atoms with Gasteiger partial charge in [-0.2, -0.15) is 4.98 Å². The number of hydrogen-bond donors (Lipinski definition) is 1. The molecule has 1 amide bonds. The van der Waals surface area contributed by atoms with E-state index in [2.05, 4.69) is 16.9 Å². The van der Waals surface area contributed by atoms with Crippen LogP contribution in [0, 0.1) is 0 Å². The van der Waals surface area contributed by atoms with Gasteiger partial charge in [-0.25, -0.2) is 4.79 Å². The lowest BCUT2D eigenvalue weighted by Crippen LogP contribution is -2.33. The van der Waals surface area contributed by atoms with Gasteiger partial charge >= 0.3 is 5.69 Å². The minimum absolute atomic E-state index is 0.151. The number of primary amides is 1. The van der Waals surface area contributed by atoms with Gasteiger partial charge in [-0.3, -0.25) is 4.79 Å². The van der Waals surface area contributed by atoms with E-state index in [-0.39, 0.29) is 11.6 Å². The minimum Gasteiger partial charge on any atom is -0.365 e. The molecule has 2 rings (SSSR count). The van der Waals surface area contributed by atoms with Gasteiger partial charge in [-0.15, -0.1) is 0 Å². The number of piperidine rings is 1. The summed E-state index contributed by atoms with van der Waals surface area (Å²) >= 11 is 0. The summed E-state index contributed by atoms with van der Waals surface area (Å²) in [5, 5.41) is 0. The van der Waals surface area contributed by atoms with E-state index in [1.807, 2.05) is 0 Å². The van der Waals surface area contributed by atoms with Gasteiger partial charge in [0.15, 0.2) is 0 Å². The van der Waals surface area contributed by atoms with Crippen LogP contribution in [-0.4, -0.2) is 40.5 Å². The summed E-state index contributed by atoms with van der Waals surface area (Å²) in [6.45, 7) is 1.89. The number of amides is 1. The monoisotopic (exact) mass is 250 g/mol.